The lowest BCUT2D eigenvalue weighted by Gasteiger charge is -2.38. The number of carboxylic acids is 1. The summed E-state index contributed by atoms with van der Waals surface area (Å²) >= 11 is 0. The van der Waals surface area contributed by atoms with Crippen LogP contribution < -0.4 is 0 Å². The van der Waals surface area contributed by atoms with E-state index in [9.17, 15) is 22.8 Å². The number of esters is 1. The molecule has 1 N–H and O–H groups in total. The van der Waals surface area contributed by atoms with Crippen LogP contribution in [0.25, 0.3) is 0 Å². The molecule has 1 fully saturated rings. The number of hydrogen-bond acceptors (Lipinski definition) is 3. The highest BCUT2D eigenvalue weighted by Crippen LogP contribution is 2.45. The Balaban J connectivity index is 2.97. The Morgan fingerprint density at radius 1 is 1.27 bits per heavy atom. The van der Waals surface area contributed by atoms with E-state index in [0.717, 1.165) is 6.08 Å². The van der Waals surface area contributed by atoms with E-state index in [1.165, 1.54) is 0 Å². The van der Waals surface area contributed by atoms with Crippen LogP contribution in [-0.2, 0) is 14.3 Å². The molecule has 1 rings (SSSR count). The molecule has 0 aromatic rings. The summed E-state index contributed by atoms with van der Waals surface area (Å²) in [6.45, 7) is 3.43. The molecule has 0 aromatic carbocycles. The van der Waals surface area contributed by atoms with Crippen LogP contribution in [0.15, 0.2) is 12.2 Å². The highest BCUT2D eigenvalue weighted by atomic mass is 19.4. The predicted octanol–water partition coefficient (Wildman–Crippen LogP) is 3.71. The van der Waals surface area contributed by atoms with Crippen molar-refractivity contribution < 1.29 is 32.6 Å². The first-order valence-electron chi connectivity index (χ1n) is 7.27. The maximum atomic E-state index is 13.1. The molecule has 22 heavy (non-hydrogen) atoms. The summed E-state index contributed by atoms with van der Waals surface area (Å²) in [6.07, 6.45) is -1.89. The van der Waals surface area contributed by atoms with E-state index < -0.39 is 29.6 Å². The molecule has 4 nitrogen and oxygen atoms in total. The first-order valence-corrected chi connectivity index (χ1v) is 7.27. The first kappa shape index (κ1) is 18.5. The van der Waals surface area contributed by atoms with Gasteiger partial charge in [0.1, 0.15) is 5.60 Å². The van der Waals surface area contributed by atoms with Gasteiger partial charge in [0.15, 0.2) is 0 Å². The van der Waals surface area contributed by atoms with Crippen molar-refractivity contribution in [2.24, 2.45) is 11.8 Å². The first-order chi connectivity index (χ1) is 10.1. The molecule has 7 heteroatoms. The molecule has 126 valence electrons. The Kier molecular flexibility index (Phi) is 6.02. The van der Waals surface area contributed by atoms with Crippen molar-refractivity contribution in [3.63, 3.8) is 0 Å². The van der Waals surface area contributed by atoms with Crippen LogP contribution in [0.3, 0.4) is 0 Å². The molecule has 0 bridgehead atoms. The number of carboxylic acid groups (broad SMARTS) is 1. The van der Waals surface area contributed by atoms with Gasteiger partial charge in [-0.25, -0.2) is 9.59 Å². The maximum Gasteiger partial charge on any atom is 0.391 e. The van der Waals surface area contributed by atoms with Gasteiger partial charge in [-0.3, -0.25) is 0 Å². The fourth-order valence-corrected chi connectivity index (χ4v) is 2.82. The van der Waals surface area contributed by atoms with Gasteiger partial charge >= 0.3 is 18.1 Å². The van der Waals surface area contributed by atoms with Crippen LogP contribution in [0.5, 0.6) is 0 Å². The lowest BCUT2D eigenvalue weighted by molar-refractivity contribution is -0.200. The Morgan fingerprint density at radius 2 is 1.91 bits per heavy atom. The number of carbonyl (C=O) groups is 2. The topological polar surface area (TPSA) is 63.6 Å². The average Bonchev–Trinajstić information content (AvgIpc) is 2.59. The third-order valence-corrected chi connectivity index (χ3v) is 4.18. The van der Waals surface area contributed by atoms with Gasteiger partial charge in [-0.1, -0.05) is 20.3 Å². The van der Waals surface area contributed by atoms with Crippen molar-refractivity contribution in [1.82, 2.24) is 0 Å². The molecule has 1 aliphatic carbocycles. The van der Waals surface area contributed by atoms with Gasteiger partial charge < -0.3 is 9.84 Å². The zero-order valence-electron chi connectivity index (χ0n) is 12.7. The van der Waals surface area contributed by atoms with Gasteiger partial charge in [0.05, 0.1) is 5.92 Å². The number of ether oxygens (including phenoxy) is 1. The molecule has 0 radical (unpaired) electrons. The van der Waals surface area contributed by atoms with Crippen LogP contribution >= 0.6 is 0 Å². The van der Waals surface area contributed by atoms with E-state index >= 15 is 0 Å². The number of hydrogen-bond donors (Lipinski definition) is 1. The van der Waals surface area contributed by atoms with E-state index in [2.05, 4.69) is 0 Å². The number of carbonyl (C=O) groups excluding carboxylic acids is 1. The summed E-state index contributed by atoms with van der Waals surface area (Å²) in [5.74, 6) is -4.03. The number of halogens is 3. The Hall–Kier alpha value is -1.53. The molecular weight excluding hydrogens is 301 g/mol. The smallest absolute Gasteiger partial charge is 0.391 e. The van der Waals surface area contributed by atoms with Gasteiger partial charge in [0, 0.05) is 12.2 Å². The van der Waals surface area contributed by atoms with E-state index in [4.69, 9.17) is 9.84 Å². The van der Waals surface area contributed by atoms with Gasteiger partial charge in [-0.15, -0.1) is 0 Å². The van der Waals surface area contributed by atoms with Crippen LogP contribution in [0, 0.1) is 11.8 Å². The average molecular weight is 322 g/mol. The minimum Gasteiger partial charge on any atom is -0.478 e. The summed E-state index contributed by atoms with van der Waals surface area (Å²) in [5.41, 5.74) is -1.21. The standard InChI is InChI=1S/C15H21F3O4/c1-10(2)14(22-13(21)7-6-12(19)20)8-4-3-5-11(9-14)15(16,17)18/h6-7,10-11H,3-5,8-9H2,1-2H3,(H,19,20)/b7-6-. The quantitative estimate of drug-likeness (QED) is 0.487. The molecule has 1 saturated carbocycles. The molecular formula is C15H21F3O4. The zero-order chi connectivity index (χ0) is 17.0. The van der Waals surface area contributed by atoms with E-state index in [-0.39, 0.29) is 18.8 Å². The van der Waals surface area contributed by atoms with Crippen molar-refractivity contribution in [3.05, 3.63) is 12.2 Å². The van der Waals surface area contributed by atoms with E-state index in [1.807, 2.05) is 0 Å². The molecule has 0 amide bonds. The predicted molar refractivity (Wildman–Crippen MR) is 73.1 cm³/mol. The summed E-state index contributed by atoms with van der Waals surface area (Å²) in [5, 5.41) is 8.49. The molecule has 0 aromatic heterocycles. The van der Waals surface area contributed by atoms with Gasteiger partial charge in [0.2, 0.25) is 0 Å². The summed E-state index contributed by atoms with van der Waals surface area (Å²) < 4.78 is 44.6. The Labute approximate surface area is 127 Å². The van der Waals surface area contributed by atoms with Crippen molar-refractivity contribution in [2.75, 3.05) is 0 Å². The fourth-order valence-electron chi connectivity index (χ4n) is 2.82. The largest absolute Gasteiger partial charge is 0.478 e. The van der Waals surface area contributed by atoms with Crippen molar-refractivity contribution in [3.8, 4) is 0 Å². The SMILES string of the molecule is CC(C)C1(OC(=O)/C=C\C(=O)O)CCCCC(C(F)(F)F)C1. The second-order valence-corrected chi connectivity index (χ2v) is 6.00. The van der Waals surface area contributed by atoms with E-state index in [1.54, 1.807) is 13.8 Å². The highest BCUT2D eigenvalue weighted by Gasteiger charge is 2.49. The van der Waals surface area contributed by atoms with Crippen LogP contribution in [0.2, 0.25) is 0 Å². The Morgan fingerprint density at radius 3 is 2.41 bits per heavy atom. The monoisotopic (exact) mass is 322 g/mol. The van der Waals surface area contributed by atoms with Crippen LogP contribution in [0.1, 0.15) is 46.0 Å². The third kappa shape index (κ3) is 5.03. The van der Waals surface area contributed by atoms with E-state index in [0.29, 0.717) is 25.3 Å². The second-order valence-electron chi connectivity index (χ2n) is 6.00. The lowest BCUT2D eigenvalue weighted by atomic mass is 9.80. The zero-order valence-corrected chi connectivity index (χ0v) is 12.7. The van der Waals surface area contributed by atoms with Gasteiger partial charge in [-0.2, -0.15) is 13.2 Å². The Bertz CT molecular complexity index is 443. The molecule has 2 unspecified atom stereocenters. The molecule has 0 saturated heterocycles. The molecule has 1 aliphatic rings. The highest BCUT2D eigenvalue weighted by molar-refractivity contribution is 5.90. The third-order valence-electron chi connectivity index (χ3n) is 4.18. The van der Waals surface area contributed by atoms with Crippen LogP contribution in [0.4, 0.5) is 13.2 Å². The molecule has 0 spiro atoms. The minimum atomic E-state index is -4.33. The van der Waals surface area contributed by atoms with Crippen molar-refractivity contribution in [2.45, 2.75) is 57.7 Å². The normalized spacial score (nSPS) is 26.9. The lowest BCUT2D eigenvalue weighted by Crippen LogP contribution is -2.43. The number of alkyl halides is 3. The number of aliphatic carboxylic acids is 1. The maximum absolute atomic E-state index is 13.1. The second kappa shape index (κ2) is 7.15. The molecule has 0 heterocycles. The summed E-state index contributed by atoms with van der Waals surface area (Å²) in [6, 6.07) is 0. The molecule has 2 atom stereocenters. The van der Waals surface area contributed by atoms with Gasteiger partial charge in [0.25, 0.3) is 0 Å². The fraction of sp³-hybridized carbons (Fsp3) is 0.733. The van der Waals surface area contributed by atoms with Crippen molar-refractivity contribution >= 4 is 11.9 Å². The molecule has 0 aliphatic heterocycles. The van der Waals surface area contributed by atoms with Gasteiger partial charge in [-0.05, 0) is 31.6 Å². The number of rotatable bonds is 4. The van der Waals surface area contributed by atoms with Crippen molar-refractivity contribution in [1.29, 1.82) is 0 Å². The minimum absolute atomic E-state index is 0.0283. The van der Waals surface area contributed by atoms with Crippen LogP contribution in [-0.4, -0.2) is 28.8 Å². The summed E-state index contributed by atoms with van der Waals surface area (Å²) in [4.78, 5) is 22.1. The summed E-state index contributed by atoms with van der Waals surface area (Å²) in [7, 11) is 0.